The van der Waals surface area contributed by atoms with Crippen LogP contribution in [0.1, 0.15) is 80.6 Å². The molecule has 1 unspecified atom stereocenters. The Balaban J connectivity index is 1.73. The Morgan fingerprint density at radius 3 is 2.34 bits per heavy atom. The topological polar surface area (TPSA) is 130 Å². The van der Waals surface area contributed by atoms with Crippen molar-refractivity contribution in [1.82, 2.24) is 0 Å². The maximum absolute atomic E-state index is 13.0. The van der Waals surface area contributed by atoms with Crippen molar-refractivity contribution in [2.75, 3.05) is 0 Å². The molecule has 1 saturated carbocycles. The first-order valence-corrected chi connectivity index (χ1v) is 13.5. The summed E-state index contributed by atoms with van der Waals surface area (Å²) in [5.41, 5.74) is -3.59. The molecule has 0 N–H and O–H groups in total. The Hall–Kier alpha value is -2.46. The SMILES string of the molecule is CCCC(=O)O[C@@H]1CC/C(C)=C\[C@@H]2OC(=O)[C@]3(C)O[C@]23C(OC(C)=O)[C@H]2[C@]3(C)O[C@@H]3C[C@H](OC(C)=O)[C@]12C. The lowest BCUT2D eigenvalue weighted by atomic mass is 9.53. The van der Waals surface area contributed by atoms with E-state index < -0.39 is 70.5 Å². The third-order valence-electron chi connectivity index (χ3n) is 9.50. The van der Waals surface area contributed by atoms with Crippen LogP contribution in [0.5, 0.6) is 0 Å². The van der Waals surface area contributed by atoms with Crippen molar-refractivity contribution in [3.8, 4) is 0 Å². The van der Waals surface area contributed by atoms with Crippen LogP contribution in [-0.4, -0.2) is 71.2 Å². The normalized spacial score (nSPS) is 48.0. The summed E-state index contributed by atoms with van der Waals surface area (Å²) >= 11 is 0. The van der Waals surface area contributed by atoms with Gasteiger partial charge in [-0.25, -0.2) is 4.79 Å². The van der Waals surface area contributed by atoms with Crippen LogP contribution in [0.2, 0.25) is 0 Å². The Bertz CT molecular complexity index is 1100. The number of ether oxygens (including phenoxy) is 6. The first-order valence-electron chi connectivity index (χ1n) is 13.5. The van der Waals surface area contributed by atoms with Gasteiger partial charge in [-0.15, -0.1) is 0 Å². The number of hydrogen-bond donors (Lipinski definition) is 0. The van der Waals surface area contributed by atoms with Crippen molar-refractivity contribution in [2.24, 2.45) is 11.3 Å². The summed E-state index contributed by atoms with van der Waals surface area (Å²) in [5.74, 6) is -2.57. The van der Waals surface area contributed by atoms with Crippen LogP contribution in [0.4, 0.5) is 0 Å². The lowest BCUT2D eigenvalue weighted by Crippen LogP contribution is -2.66. The van der Waals surface area contributed by atoms with E-state index in [1.807, 2.05) is 33.8 Å². The van der Waals surface area contributed by atoms with Crippen molar-refractivity contribution < 1.29 is 47.6 Å². The maximum atomic E-state index is 13.0. The Morgan fingerprint density at radius 1 is 1.05 bits per heavy atom. The molecule has 0 bridgehead atoms. The van der Waals surface area contributed by atoms with E-state index in [0.717, 1.165) is 5.57 Å². The van der Waals surface area contributed by atoms with Gasteiger partial charge in [0.25, 0.3) is 0 Å². The number of carbonyl (C=O) groups is 4. The molecule has 10 heteroatoms. The minimum atomic E-state index is -1.34. The van der Waals surface area contributed by atoms with E-state index in [1.54, 1.807) is 6.92 Å². The Kier molecular flexibility index (Phi) is 6.26. The molecule has 0 aromatic rings. The summed E-state index contributed by atoms with van der Waals surface area (Å²) in [6.45, 7) is 12.0. The molecule has 3 aliphatic heterocycles. The summed E-state index contributed by atoms with van der Waals surface area (Å²) in [7, 11) is 0. The van der Waals surface area contributed by atoms with Gasteiger partial charge in [0, 0.05) is 32.6 Å². The van der Waals surface area contributed by atoms with Crippen molar-refractivity contribution in [2.45, 2.75) is 128 Å². The zero-order chi connectivity index (χ0) is 27.8. The van der Waals surface area contributed by atoms with Gasteiger partial charge in [0.1, 0.15) is 18.3 Å². The van der Waals surface area contributed by atoms with Gasteiger partial charge in [0.2, 0.25) is 0 Å². The molecule has 210 valence electrons. The van der Waals surface area contributed by atoms with E-state index in [1.165, 1.54) is 13.8 Å². The molecule has 10 nitrogen and oxygen atoms in total. The van der Waals surface area contributed by atoms with Gasteiger partial charge < -0.3 is 28.4 Å². The summed E-state index contributed by atoms with van der Waals surface area (Å²) in [5, 5.41) is 0. The lowest BCUT2D eigenvalue weighted by Gasteiger charge is -2.54. The average molecular weight is 535 g/mol. The van der Waals surface area contributed by atoms with E-state index in [-0.39, 0.29) is 18.5 Å². The van der Waals surface area contributed by atoms with E-state index in [9.17, 15) is 19.2 Å². The van der Waals surface area contributed by atoms with Crippen LogP contribution in [0.15, 0.2) is 11.6 Å². The lowest BCUT2D eigenvalue weighted by molar-refractivity contribution is -0.213. The highest BCUT2D eigenvalue weighted by Crippen LogP contribution is 2.69. The largest absolute Gasteiger partial charge is 0.462 e. The monoisotopic (exact) mass is 534 g/mol. The molecule has 0 aromatic carbocycles. The highest BCUT2D eigenvalue weighted by molar-refractivity contribution is 5.89. The molecule has 5 rings (SSSR count). The zero-order valence-corrected chi connectivity index (χ0v) is 23.2. The molecular formula is C28H38O10. The number of epoxide rings is 2. The van der Waals surface area contributed by atoms with Crippen LogP contribution in [0, 0.1) is 11.3 Å². The van der Waals surface area contributed by atoms with E-state index in [2.05, 4.69) is 0 Å². The molecule has 3 heterocycles. The smallest absolute Gasteiger partial charge is 0.342 e. The van der Waals surface area contributed by atoms with Crippen molar-refractivity contribution in [3.63, 3.8) is 0 Å². The summed E-state index contributed by atoms with van der Waals surface area (Å²) in [6, 6.07) is 0. The van der Waals surface area contributed by atoms with Crippen LogP contribution < -0.4 is 0 Å². The second kappa shape index (κ2) is 8.78. The number of esters is 4. The van der Waals surface area contributed by atoms with Crippen molar-refractivity contribution in [3.05, 3.63) is 11.6 Å². The number of allylic oxidation sites excluding steroid dienone is 1. The molecule has 0 radical (unpaired) electrons. The zero-order valence-electron chi connectivity index (χ0n) is 23.2. The fraction of sp³-hybridized carbons (Fsp3) is 0.786. The summed E-state index contributed by atoms with van der Waals surface area (Å²) in [6.07, 6.45) is 0.583. The number of fused-ring (bicyclic) bond motifs is 3. The van der Waals surface area contributed by atoms with Gasteiger partial charge in [-0.05, 0) is 46.1 Å². The molecule has 3 saturated heterocycles. The fourth-order valence-corrected chi connectivity index (χ4v) is 7.51. The molecule has 38 heavy (non-hydrogen) atoms. The summed E-state index contributed by atoms with van der Waals surface area (Å²) < 4.78 is 36.5. The van der Waals surface area contributed by atoms with E-state index in [4.69, 9.17) is 28.4 Å². The standard InChI is InChI=1S/C28H38O10/c1-8-9-21(31)35-17-11-10-14(2)12-20-28(27(7,38-28)24(32)36-20)23(34-16(4)30)22-25(17,5)18(33-15(3)29)13-19-26(22,6)37-19/h12,17-20,22-23H,8-11,13H2,1-7H3/b14-12-/t17-,18+,19-,20+,22-,23?,25+,26-,27+,28+/m1/s1. The second-order valence-corrected chi connectivity index (χ2v) is 12.0. The average Bonchev–Trinajstić information content (AvgIpc) is 3.64. The van der Waals surface area contributed by atoms with Gasteiger partial charge in [0.05, 0.1) is 17.1 Å². The molecule has 5 aliphatic rings. The number of carbonyl (C=O) groups excluding carboxylic acids is 4. The van der Waals surface area contributed by atoms with Gasteiger partial charge in [-0.2, -0.15) is 0 Å². The van der Waals surface area contributed by atoms with Gasteiger partial charge in [-0.3, -0.25) is 14.4 Å². The molecule has 0 amide bonds. The van der Waals surface area contributed by atoms with Crippen molar-refractivity contribution >= 4 is 23.9 Å². The highest BCUT2D eigenvalue weighted by atomic mass is 16.7. The highest BCUT2D eigenvalue weighted by Gasteiger charge is 2.89. The van der Waals surface area contributed by atoms with Crippen LogP contribution in [0.25, 0.3) is 0 Å². The fourth-order valence-electron chi connectivity index (χ4n) is 7.51. The minimum Gasteiger partial charge on any atom is -0.462 e. The van der Waals surface area contributed by atoms with E-state index in [0.29, 0.717) is 25.7 Å². The number of hydrogen-bond acceptors (Lipinski definition) is 10. The van der Waals surface area contributed by atoms with Crippen molar-refractivity contribution in [1.29, 1.82) is 0 Å². The number of rotatable bonds is 5. The molecule has 4 fully saturated rings. The van der Waals surface area contributed by atoms with Crippen LogP contribution >= 0.6 is 0 Å². The second-order valence-electron chi connectivity index (χ2n) is 12.0. The predicted octanol–water partition coefficient (Wildman–Crippen LogP) is 2.94. The van der Waals surface area contributed by atoms with Gasteiger partial charge in [-0.1, -0.05) is 19.4 Å². The van der Waals surface area contributed by atoms with Crippen LogP contribution in [-0.2, 0) is 47.6 Å². The minimum absolute atomic E-state index is 0.240. The molecular weight excluding hydrogens is 496 g/mol. The van der Waals surface area contributed by atoms with Gasteiger partial charge in [0.15, 0.2) is 17.3 Å². The predicted molar refractivity (Wildman–Crippen MR) is 130 cm³/mol. The van der Waals surface area contributed by atoms with E-state index >= 15 is 0 Å². The quantitative estimate of drug-likeness (QED) is 0.225. The summed E-state index contributed by atoms with van der Waals surface area (Å²) in [4.78, 5) is 50.9. The third kappa shape index (κ3) is 3.73. The molecule has 2 aliphatic carbocycles. The first kappa shape index (κ1) is 27.1. The first-order chi connectivity index (χ1) is 17.7. The van der Waals surface area contributed by atoms with Crippen LogP contribution in [0.3, 0.4) is 0 Å². The molecule has 0 aromatic heterocycles. The third-order valence-corrected chi connectivity index (χ3v) is 9.50. The Morgan fingerprint density at radius 2 is 1.74 bits per heavy atom. The Labute approximate surface area is 222 Å². The molecule has 10 atom stereocenters. The van der Waals surface area contributed by atoms with Gasteiger partial charge >= 0.3 is 23.9 Å². The maximum Gasteiger partial charge on any atom is 0.342 e. The molecule has 1 spiro atoms.